The number of hydrogen-bond donors (Lipinski definition) is 1. The van der Waals surface area contributed by atoms with Crippen molar-refractivity contribution in [3.8, 4) is 11.4 Å². The fraction of sp³-hybridized carbons (Fsp3) is 0.0345. The van der Waals surface area contributed by atoms with Gasteiger partial charge < -0.3 is 9.30 Å². The molecule has 5 rings (SSSR count). The van der Waals surface area contributed by atoms with E-state index in [0.717, 1.165) is 22.6 Å². The van der Waals surface area contributed by atoms with Gasteiger partial charge >= 0.3 is 0 Å². The average Bonchev–Trinajstić information content (AvgIpc) is 3.43. The van der Waals surface area contributed by atoms with Crippen molar-refractivity contribution in [2.24, 2.45) is 5.10 Å². The third kappa shape index (κ3) is 4.74. The molecule has 0 spiro atoms. The second-order valence-electron chi connectivity index (χ2n) is 7.81. The molecule has 5 aromatic rings. The molecule has 0 aliphatic heterocycles. The van der Waals surface area contributed by atoms with Gasteiger partial charge in [-0.3, -0.25) is 4.79 Å². The van der Waals surface area contributed by atoms with Crippen molar-refractivity contribution in [3.63, 3.8) is 0 Å². The fourth-order valence-electron chi connectivity index (χ4n) is 3.88. The molecule has 0 saturated heterocycles. The minimum absolute atomic E-state index is 0.274. The molecule has 0 atom stereocenters. The lowest BCUT2D eigenvalue weighted by atomic mass is 10.1. The summed E-state index contributed by atoms with van der Waals surface area (Å²) in [5.74, 6) is 0.463. The molecule has 0 aliphatic carbocycles. The summed E-state index contributed by atoms with van der Waals surface area (Å²) in [6.45, 7) is 0.467. The lowest BCUT2D eigenvalue weighted by Gasteiger charge is -2.10. The molecule has 0 radical (unpaired) electrons. The summed E-state index contributed by atoms with van der Waals surface area (Å²) in [4.78, 5) is 12.7. The number of nitrogens with zero attached hydrogens (tertiary/aromatic N) is 2. The maximum Gasteiger partial charge on any atom is 0.273 e. The van der Waals surface area contributed by atoms with Crippen LogP contribution in [0.3, 0.4) is 0 Å². The van der Waals surface area contributed by atoms with Gasteiger partial charge in [-0.2, -0.15) is 5.10 Å². The molecule has 0 aliphatic rings. The quantitative estimate of drug-likeness (QED) is 0.248. The molecule has 4 aromatic carbocycles. The fourth-order valence-corrected chi connectivity index (χ4v) is 3.88. The van der Waals surface area contributed by atoms with Crippen molar-refractivity contribution in [3.05, 3.63) is 132 Å². The highest BCUT2D eigenvalue weighted by molar-refractivity contribution is 5.98. The van der Waals surface area contributed by atoms with E-state index in [4.69, 9.17) is 4.74 Å². The zero-order valence-corrected chi connectivity index (χ0v) is 18.5. The van der Waals surface area contributed by atoms with Crippen molar-refractivity contribution in [2.45, 2.75) is 6.61 Å². The summed E-state index contributed by atoms with van der Waals surface area (Å²) >= 11 is 0. The molecular weight excluding hydrogens is 422 g/mol. The zero-order valence-electron chi connectivity index (χ0n) is 18.5. The number of nitrogens with one attached hydrogen (secondary N) is 1. The highest BCUT2D eigenvalue weighted by Gasteiger charge is 2.11. The van der Waals surface area contributed by atoms with Crippen LogP contribution >= 0.6 is 0 Å². The van der Waals surface area contributed by atoms with Gasteiger partial charge in [-0.1, -0.05) is 66.7 Å². The molecule has 1 aromatic heterocycles. The number of fused-ring (bicyclic) bond motifs is 1. The minimum Gasteiger partial charge on any atom is -0.489 e. The van der Waals surface area contributed by atoms with E-state index in [-0.39, 0.29) is 5.91 Å². The Bertz CT molecular complexity index is 1450. The van der Waals surface area contributed by atoms with Crippen molar-refractivity contribution in [1.82, 2.24) is 9.99 Å². The molecule has 1 heterocycles. The van der Waals surface area contributed by atoms with E-state index in [1.165, 1.54) is 10.8 Å². The van der Waals surface area contributed by atoms with E-state index >= 15 is 0 Å². The Kier molecular flexibility index (Phi) is 6.16. The molecule has 1 N–H and O–H groups in total. The van der Waals surface area contributed by atoms with Crippen LogP contribution in [0.5, 0.6) is 5.75 Å². The topological polar surface area (TPSA) is 55.6 Å². The van der Waals surface area contributed by atoms with Crippen LogP contribution in [-0.2, 0) is 6.61 Å². The molecular formula is C29H23N3O2. The lowest BCUT2D eigenvalue weighted by Crippen LogP contribution is -2.19. The van der Waals surface area contributed by atoms with E-state index in [2.05, 4.69) is 34.8 Å². The Morgan fingerprint density at radius 3 is 2.53 bits per heavy atom. The molecule has 34 heavy (non-hydrogen) atoms. The van der Waals surface area contributed by atoms with Crippen LogP contribution in [0.1, 0.15) is 21.5 Å². The summed E-state index contributed by atoms with van der Waals surface area (Å²) in [7, 11) is 0. The van der Waals surface area contributed by atoms with Crippen LogP contribution in [-0.4, -0.2) is 16.7 Å². The van der Waals surface area contributed by atoms with Gasteiger partial charge in [-0.05, 0) is 58.3 Å². The first-order valence-electron chi connectivity index (χ1n) is 11.0. The number of rotatable bonds is 7. The molecule has 1 amide bonds. The number of benzene rings is 4. The average molecular weight is 446 g/mol. The highest BCUT2D eigenvalue weighted by Crippen LogP contribution is 2.21. The van der Waals surface area contributed by atoms with Gasteiger partial charge in [0.05, 0.1) is 17.5 Å². The predicted molar refractivity (Wildman–Crippen MR) is 136 cm³/mol. The van der Waals surface area contributed by atoms with Gasteiger partial charge in [-0.15, -0.1) is 0 Å². The number of carbonyl (C=O) groups is 1. The molecule has 0 bridgehead atoms. The number of aromatic nitrogens is 1. The summed E-state index contributed by atoms with van der Waals surface area (Å²) < 4.78 is 7.94. The third-order valence-corrected chi connectivity index (χ3v) is 5.54. The van der Waals surface area contributed by atoms with Gasteiger partial charge in [0.2, 0.25) is 0 Å². The Hall–Kier alpha value is -4.64. The van der Waals surface area contributed by atoms with Crippen molar-refractivity contribution >= 4 is 22.9 Å². The predicted octanol–water partition coefficient (Wildman–Crippen LogP) is 5.97. The van der Waals surface area contributed by atoms with E-state index in [1.54, 1.807) is 12.3 Å². The van der Waals surface area contributed by atoms with E-state index in [0.29, 0.717) is 12.2 Å². The normalized spacial score (nSPS) is 11.1. The first kappa shape index (κ1) is 21.2. The maximum atomic E-state index is 12.7. The molecule has 5 nitrogen and oxygen atoms in total. The van der Waals surface area contributed by atoms with E-state index in [9.17, 15) is 4.79 Å². The first-order valence-corrected chi connectivity index (χ1v) is 11.0. The zero-order chi connectivity index (χ0) is 23.2. The number of para-hydroxylation sites is 1. The second-order valence-corrected chi connectivity index (χ2v) is 7.81. The largest absolute Gasteiger partial charge is 0.489 e. The van der Waals surface area contributed by atoms with Crippen LogP contribution in [0.4, 0.5) is 0 Å². The summed E-state index contributed by atoms with van der Waals surface area (Å²) in [5.41, 5.74) is 5.92. The number of ether oxygens (including phenoxy) is 1. The van der Waals surface area contributed by atoms with Crippen LogP contribution in [0.15, 0.2) is 121 Å². The monoisotopic (exact) mass is 445 g/mol. The minimum atomic E-state index is -0.274. The second kappa shape index (κ2) is 9.88. The van der Waals surface area contributed by atoms with Gasteiger partial charge in [0.15, 0.2) is 0 Å². The Morgan fingerprint density at radius 1 is 0.853 bits per heavy atom. The summed E-state index contributed by atoms with van der Waals surface area (Å²) in [5, 5.41) is 6.53. The van der Waals surface area contributed by atoms with Crippen molar-refractivity contribution in [2.75, 3.05) is 0 Å². The Morgan fingerprint density at radius 2 is 1.62 bits per heavy atom. The number of hydrogen-bond acceptors (Lipinski definition) is 3. The van der Waals surface area contributed by atoms with Crippen molar-refractivity contribution < 1.29 is 9.53 Å². The Balaban J connectivity index is 1.25. The third-order valence-electron chi connectivity index (χ3n) is 5.54. The smallest absolute Gasteiger partial charge is 0.273 e. The standard InChI is InChI=1S/C29H23N3O2/c33-29(27-15-3-4-16-28(27)32-17-5-6-18-32)31-30-20-22-9-7-13-25(19-22)34-21-24-12-8-11-23-10-1-2-14-26(23)24/h1-20H,21H2,(H,31,33)/b30-20-. The number of hydrazone groups is 1. The van der Waals surface area contributed by atoms with Crippen LogP contribution < -0.4 is 10.2 Å². The van der Waals surface area contributed by atoms with Crippen LogP contribution in [0.25, 0.3) is 16.5 Å². The van der Waals surface area contributed by atoms with Gasteiger partial charge in [0.25, 0.3) is 5.91 Å². The first-order chi connectivity index (χ1) is 16.8. The molecule has 0 unspecified atom stereocenters. The SMILES string of the molecule is O=C(N/N=C\c1cccc(OCc2cccc3ccccc23)c1)c1ccccc1-n1cccc1. The number of amides is 1. The van der Waals surface area contributed by atoms with Gasteiger partial charge in [0.1, 0.15) is 12.4 Å². The molecule has 0 fully saturated rings. The van der Waals surface area contributed by atoms with Crippen LogP contribution in [0.2, 0.25) is 0 Å². The maximum absolute atomic E-state index is 12.7. The number of carbonyl (C=O) groups excluding carboxylic acids is 1. The lowest BCUT2D eigenvalue weighted by molar-refractivity contribution is 0.0955. The molecule has 5 heteroatoms. The molecule has 0 saturated carbocycles. The van der Waals surface area contributed by atoms with Gasteiger partial charge in [-0.25, -0.2) is 5.43 Å². The van der Waals surface area contributed by atoms with Gasteiger partial charge in [0, 0.05) is 12.4 Å². The van der Waals surface area contributed by atoms with E-state index in [1.807, 2.05) is 89.8 Å². The highest BCUT2D eigenvalue weighted by atomic mass is 16.5. The van der Waals surface area contributed by atoms with Crippen LogP contribution in [0, 0.1) is 0 Å². The Labute approximate surface area is 197 Å². The summed E-state index contributed by atoms with van der Waals surface area (Å²) in [6, 6.07) is 33.4. The van der Waals surface area contributed by atoms with E-state index < -0.39 is 0 Å². The van der Waals surface area contributed by atoms with Crippen molar-refractivity contribution in [1.29, 1.82) is 0 Å². The summed E-state index contributed by atoms with van der Waals surface area (Å²) in [6.07, 6.45) is 5.42. The molecule has 166 valence electrons.